The summed E-state index contributed by atoms with van der Waals surface area (Å²) in [6.07, 6.45) is 53.5. The van der Waals surface area contributed by atoms with Crippen LogP contribution in [-0.2, 0) is 9.53 Å². The number of carbonyl (C=O) groups is 1. The van der Waals surface area contributed by atoms with Crippen LogP contribution in [0.15, 0.2) is 12.2 Å². The van der Waals surface area contributed by atoms with E-state index in [1.807, 2.05) is 0 Å². The second-order valence-electron chi connectivity index (χ2n) is 15.8. The van der Waals surface area contributed by atoms with Crippen molar-refractivity contribution in [2.45, 2.75) is 265 Å². The zero-order valence-corrected chi connectivity index (χ0v) is 33.7. The van der Waals surface area contributed by atoms with E-state index in [9.17, 15) is 4.79 Å². The lowest BCUT2D eigenvalue weighted by atomic mass is 9.94. The molecule has 0 spiro atoms. The van der Waals surface area contributed by atoms with Gasteiger partial charge in [-0.15, -0.1) is 0 Å². The van der Waals surface area contributed by atoms with Gasteiger partial charge in [-0.3, -0.25) is 0 Å². The Labute approximate surface area is 304 Å². The lowest BCUT2D eigenvalue weighted by Crippen LogP contribution is -2.15. The molecule has 0 N–H and O–H groups in total. The Morgan fingerprint density at radius 3 is 0.812 bits per heavy atom. The molecule has 0 bridgehead atoms. The van der Waals surface area contributed by atoms with Crippen molar-refractivity contribution in [1.29, 1.82) is 0 Å². The molecule has 0 rings (SSSR count). The van der Waals surface area contributed by atoms with Crippen LogP contribution in [0.25, 0.3) is 0 Å². The maximum absolute atomic E-state index is 12.0. The van der Waals surface area contributed by atoms with E-state index >= 15 is 0 Å². The molecule has 286 valence electrons. The number of hydrogen-bond acceptors (Lipinski definition) is 2. The Balaban J connectivity index is 3.69. The van der Waals surface area contributed by atoms with Gasteiger partial charge in [-0.25, -0.2) is 4.79 Å². The fraction of sp³-hybridized carbons (Fsp3) is 0.935. The van der Waals surface area contributed by atoms with Crippen LogP contribution in [0.2, 0.25) is 0 Å². The first-order valence-electron chi connectivity index (χ1n) is 22.4. The van der Waals surface area contributed by atoms with Crippen molar-refractivity contribution in [3.63, 3.8) is 0 Å². The van der Waals surface area contributed by atoms with Crippen molar-refractivity contribution in [3.8, 4) is 0 Å². The highest BCUT2D eigenvalue weighted by atomic mass is 16.5. The van der Waals surface area contributed by atoms with E-state index in [2.05, 4.69) is 20.4 Å². The predicted molar refractivity (Wildman–Crippen MR) is 216 cm³/mol. The number of unbranched alkanes of at least 4 members (excludes halogenated alkanes) is 34. The quantitative estimate of drug-likeness (QED) is 0.0366. The molecule has 0 saturated heterocycles. The topological polar surface area (TPSA) is 26.3 Å². The second-order valence-corrected chi connectivity index (χ2v) is 15.8. The monoisotopic (exact) mass is 675 g/mol. The number of rotatable bonds is 41. The van der Waals surface area contributed by atoms with Gasteiger partial charge in [0.1, 0.15) is 0 Å². The minimum absolute atomic E-state index is 0.212. The molecule has 0 atom stereocenters. The van der Waals surface area contributed by atoms with Gasteiger partial charge in [-0.1, -0.05) is 252 Å². The molecule has 0 aliphatic carbocycles. The van der Waals surface area contributed by atoms with E-state index < -0.39 is 0 Å². The van der Waals surface area contributed by atoms with Crippen LogP contribution in [0.1, 0.15) is 265 Å². The standard InChI is InChI=1S/C46H90O2/c1-5-7-9-11-13-15-17-19-21-23-25-27-29-31-33-35-37-39-41-45(43-48-46(47)44(3)4)42-40-38-36-34-32-30-28-26-24-22-20-18-16-14-12-10-8-6-2/h45H,3,5-43H2,1-2,4H3. The summed E-state index contributed by atoms with van der Waals surface area (Å²) in [5, 5.41) is 0. The molecule has 0 heterocycles. The summed E-state index contributed by atoms with van der Waals surface area (Å²) >= 11 is 0. The van der Waals surface area contributed by atoms with E-state index in [1.54, 1.807) is 6.92 Å². The molecule has 0 aromatic carbocycles. The van der Waals surface area contributed by atoms with Crippen LogP contribution in [0, 0.1) is 5.92 Å². The van der Waals surface area contributed by atoms with Crippen LogP contribution >= 0.6 is 0 Å². The van der Waals surface area contributed by atoms with Crippen molar-refractivity contribution in [2.24, 2.45) is 5.92 Å². The maximum Gasteiger partial charge on any atom is 0.333 e. The van der Waals surface area contributed by atoms with Crippen molar-refractivity contribution < 1.29 is 9.53 Å². The van der Waals surface area contributed by atoms with Gasteiger partial charge in [0.25, 0.3) is 0 Å². The maximum atomic E-state index is 12.0. The SMILES string of the molecule is C=C(C)C(=O)OCC(CCCCCCCCCCCCCCCCCCCC)CCCCCCCCCCCCCCCCCCCC. The fourth-order valence-electron chi connectivity index (χ4n) is 7.30. The summed E-state index contributed by atoms with van der Waals surface area (Å²) in [7, 11) is 0. The molecule has 0 aromatic heterocycles. The van der Waals surface area contributed by atoms with E-state index in [1.165, 1.54) is 244 Å². The van der Waals surface area contributed by atoms with Crippen LogP contribution < -0.4 is 0 Å². The molecule has 0 amide bonds. The fourth-order valence-corrected chi connectivity index (χ4v) is 7.30. The van der Waals surface area contributed by atoms with Crippen molar-refractivity contribution >= 4 is 5.97 Å². The summed E-state index contributed by atoms with van der Waals surface area (Å²) in [6, 6.07) is 0. The molecule has 0 aliphatic rings. The lowest BCUT2D eigenvalue weighted by molar-refractivity contribution is -0.140. The zero-order valence-electron chi connectivity index (χ0n) is 33.7. The van der Waals surface area contributed by atoms with Gasteiger partial charge in [0, 0.05) is 5.57 Å². The highest BCUT2D eigenvalue weighted by molar-refractivity contribution is 5.86. The van der Waals surface area contributed by atoms with Gasteiger partial charge in [-0.05, 0) is 25.7 Å². The van der Waals surface area contributed by atoms with Crippen LogP contribution in [0.5, 0.6) is 0 Å². The Bertz CT molecular complexity index is 600. The van der Waals surface area contributed by atoms with E-state index in [0.29, 0.717) is 18.1 Å². The number of ether oxygens (including phenoxy) is 1. The van der Waals surface area contributed by atoms with Gasteiger partial charge < -0.3 is 4.74 Å². The average molecular weight is 675 g/mol. The third-order valence-corrected chi connectivity index (χ3v) is 10.7. The van der Waals surface area contributed by atoms with Crippen molar-refractivity contribution in [2.75, 3.05) is 6.61 Å². The molecule has 0 radical (unpaired) electrons. The number of hydrogen-bond donors (Lipinski definition) is 0. The smallest absolute Gasteiger partial charge is 0.333 e. The highest BCUT2D eigenvalue weighted by Crippen LogP contribution is 2.21. The third kappa shape index (κ3) is 38.0. The first-order valence-corrected chi connectivity index (χ1v) is 22.4. The normalized spacial score (nSPS) is 11.5. The molecule has 0 saturated carbocycles. The third-order valence-electron chi connectivity index (χ3n) is 10.7. The summed E-state index contributed by atoms with van der Waals surface area (Å²) in [5.74, 6) is 0.311. The van der Waals surface area contributed by atoms with Crippen molar-refractivity contribution in [3.05, 3.63) is 12.2 Å². The minimum Gasteiger partial charge on any atom is -0.462 e. The molecule has 2 heteroatoms. The highest BCUT2D eigenvalue weighted by Gasteiger charge is 2.12. The largest absolute Gasteiger partial charge is 0.462 e. The van der Waals surface area contributed by atoms with Crippen LogP contribution in [0.3, 0.4) is 0 Å². The van der Waals surface area contributed by atoms with Crippen molar-refractivity contribution in [1.82, 2.24) is 0 Å². The zero-order chi connectivity index (χ0) is 35.0. The summed E-state index contributed by atoms with van der Waals surface area (Å²) in [6.45, 7) is 10.7. The van der Waals surface area contributed by atoms with E-state index in [0.717, 1.165) is 0 Å². The van der Waals surface area contributed by atoms with Crippen LogP contribution in [-0.4, -0.2) is 12.6 Å². The Hall–Kier alpha value is -0.790. The molecular formula is C46H90O2. The Kier molecular flexibility index (Phi) is 40.0. The van der Waals surface area contributed by atoms with Crippen LogP contribution in [0.4, 0.5) is 0 Å². The summed E-state index contributed by atoms with van der Waals surface area (Å²) in [4.78, 5) is 12.0. The predicted octanol–water partition coefficient (Wildman–Crippen LogP) is 16.6. The van der Waals surface area contributed by atoms with Gasteiger partial charge in [0.15, 0.2) is 0 Å². The van der Waals surface area contributed by atoms with E-state index in [4.69, 9.17) is 4.74 Å². The molecule has 0 fully saturated rings. The van der Waals surface area contributed by atoms with Gasteiger partial charge in [-0.2, -0.15) is 0 Å². The second kappa shape index (κ2) is 40.6. The molecule has 0 aliphatic heterocycles. The molecule has 0 aromatic rings. The Morgan fingerprint density at radius 1 is 0.396 bits per heavy atom. The molecular weight excluding hydrogens is 585 g/mol. The first-order chi connectivity index (χ1) is 23.6. The molecule has 2 nitrogen and oxygen atoms in total. The number of carbonyl (C=O) groups excluding carboxylic acids is 1. The number of esters is 1. The average Bonchev–Trinajstić information content (AvgIpc) is 3.08. The molecule has 0 unspecified atom stereocenters. The lowest BCUT2D eigenvalue weighted by Gasteiger charge is -2.17. The molecule has 48 heavy (non-hydrogen) atoms. The van der Waals surface area contributed by atoms with E-state index in [-0.39, 0.29) is 5.97 Å². The van der Waals surface area contributed by atoms with Gasteiger partial charge >= 0.3 is 5.97 Å². The van der Waals surface area contributed by atoms with Gasteiger partial charge in [0.2, 0.25) is 0 Å². The minimum atomic E-state index is -0.212. The Morgan fingerprint density at radius 2 is 0.604 bits per heavy atom. The summed E-state index contributed by atoms with van der Waals surface area (Å²) < 4.78 is 5.60. The first kappa shape index (κ1) is 47.2. The summed E-state index contributed by atoms with van der Waals surface area (Å²) in [5.41, 5.74) is 0.523. The van der Waals surface area contributed by atoms with Gasteiger partial charge in [0.05, 0.1) is 6.61 Å².